The van der Waals surface area contributed by atoms with Gasteiger partial charge in [0.1, 0.15) is 5.75 Å². The van der Waals surface area contributed by atoms with Crippen LogP contribution in [0.3, 0.4) is 0 Å². The van der Waals surface area contributed by atoms with E-state index < -0.39 is 0 Å². The van der Waals surface area contributed by atoms with Crippen LogP contribution in [0.1, 0.15) is 11.1 Å². The van der Waals surface area contributed by atoms with E-state index in [1.54, 1.807) is 36.4 Å². The fraction of sp³-hybridized carbons (Fsp3) is 0.118. The van der Waals surface area contributed by atoms with E-state index >= 15 is 0 Å². The van der Waals surface area contributed by atoms with Gasteiger partial charge in [-0.25, -0.2) is 0 Å². The summed E-state index contributed by atoms with van der Waals surface area (Å²) in [7, 11) is 0. The number of halogens is 1. The second-order valence-corrected chi connectivity index (χ2v) is 6.76. The number of para-hydroxylation sites is 1. The summed E-state index contributed by atoms with van der Waals surface area (Å²) in [4.78, 5) is 12.0. The van der Waals surface area contributed by atoms with Gasteiger partial charge in [0.25, 0.3) is 0 Å². The molecule has 2 aromatic rings. The molecular weight excluding hydrogens is 346 g/mol. The van der Waals surface area contributed by atoms with Gasteiger partial charge in [0.15, 0.2) is 5.17 Å². The maximum atomic E-state index is 12.0. The van der Waals surface area contributed by atoms with Crippen molar-refractivity contribution in [3.63, 3.8) is 0 Å². The molecule has 1 fully saturated rings. The SMILES string of the molecule is O=C1N/C(=N/N=C\c2ccccc2O)S[C@H]1Cc1ccc(Cl)cc1. The molecule has 1 saturated heterocycles. The summed E-state index contributed by atoms with van der Waals surface area (Å²) in [6, 6.07) is 14.2. The van der Waals surface area contributed by atoms with Crippen molar-refractivity contribution < 1.29 is 9.90 Å². The molecule has 0 saturated carbocycles. The van der Waals surface area contributed by atoms with E-state index in [0.717, 1.165) is 5.56 Å². The van der Waals surface area contributed by atoms with Gasteiger partial charge in [0, 0.05) is 10.6 Å². The normalized spacial score (nSPS) is 19.1. The average molecular weight is 360 g/mol. The van der Waals surface area contributed by atoms with Gasteiger partial charge in [-0.15, -0.1) is 5.10 Å². The van der Waals surface area contributed by atoms with Crippen LogP contribution in [-0.2, 0) is 11.2 Å². The first kappa shape index (κ1) is 16.5. The summed E-state index contributed by atoms with van der Waals surface area (Å²) in [6.45, 7) is 0. The number of carbonyl (C=O) groups excluding carboxylic acids is 1. The lowest BCUT2D eigenvalue weighted by Gasteiger charge is -2.05. The summed E-state index contributed by atoms with van der Waals surface area (Å²) in [5, 5.41) is 21.2. The average Bonchev–Trinajstić information content (AvgIpc) is 2.91. The molecule has 0 aliphatic carbocycles. The van der Waals surface area contributed by atoms with E-state index in [0.29, 0.717) is 22.2 Å². The molecule has 0 radical (unpaired) electrons. The van der Waals surface area contributed by atoms with Crippen molar-refractivity contribution in [1.29, 1.82) is 0 Å². The van der Waals surface area contributed by atoms with Gasteiger partial charge in [-0.1, -0.05) is 47.6 Å². The Hall–Kier alpha value is -2.31. The highest BCUT2D eigenvalue weighted by atomic mass is 35.5. The number of hydrogen-bond acceptors (Lipinski definition) is 5. The Morgan fingerprint density at radius 2 is 1.96 bits per heavy atom. The van der Waals surface area contributed by atoms with E-state index in [1.165, 1.54) is 18.0 Å². The van der Waals surface area contributed by atoms with E-state index in [-0.39, 0.29) is 16.9 Å². The van der Waals surface area contributed by atoms with Crippen molar-refractivity contribution in [2.75, 3.05) is 0 Å². The third kappa shape index (κ3) is 4.15. The molecule has 5 nitrogen and oxygen atoms in total. The molecule has 2 aromatic carbocycles. The first-order valence-corrected chi connectivity index (χ1v) is 8.48. The zero-order chi connectivity index (χ0) is 16.9. The number of thioether (sulfide) groups is 1. The number of benzene rings is 2. The molecule has 2 N–H and O–H groups in total. The second-order valence-electron chi connectivity index (χ2n) is 5.13. The van der Waals surface area contributed by atoms with Crippen molar-refractivity contribution in [3.8, 4) is 5.75 Å². The number of aromatic hydroxyl groups is 1. The minimum atomic E-state index is -0.245. The van der Waals surface area contributed by atoms with Crippen molar-refractivity contribution >= 4 is 40.7 Å². The Bertz CT molecular complexity index is 806. The number of phenolic OH excluding ortho intramolecular Hbond substituents is 1. The van der Waals surface area contributed by atoms with Gasteiger partial charge < -0.3 is 10.4 Å². The number of amides is 1. The summed E-state index contributed by atoms with van der Waals surface area (Å²) in [5.74, 6) is 0.0385. The minimum absolute atomic E-state index is 0.0912. The Labute approximate surface area is 148 Å². The van der Waals surface area contributed by atoms with E-state index in [9.17, 15) is 9.90 Å². The highest BCUT2D eigenvalue weighted by molar-refractivity contribution is 8.15. The Balaban J connectivity index is 1.63. The van der Waals surface area contributed by atoms with Crippen molar-refractivity contribution in [2.45, 2.75) is 11.7 Å². The maximum absolute atomic E-state index is 12.0. The molecule has 1 amide bonds. The lowest BCUT2D eigenvalue weighted by atomic mass is 10.1. The summed E-state index contributed by atoms with van der Waals surface area (Å²) in [6.07, 6.45) is 2.04. The number of phenols is 1. The third-order valence-corrected chi connectivity index (χ3v) is 4.72. The van der Waals surface area contributed by atoms with Crippen molar-refractivity contribution in [3.05, 3.63) is 64.7 Å². The van der Waals surface area contributed by atoms with E-state index in [1.807, 2.05) is 12.1 Å². The molecule has 1 aliphatic rings. The van der Waals surface area contributed by atoms with E-state index in [4.69, 9.17) is 11.6 Å². The molecule has 122 valence electrons. The smallest absolute Gasteiger partial charge is 0.239 e. The number of hydrogen-bond donors (Lipinski definition) is 2. The van der Waals surface area contributed by atoms with E-state index in [2.05, 4.69) is 15.5 Å². The van der Waals surface area contributed by atoms with Gasteiger partial charge in [0.2, 0.25) is 5.91 Å². The van der Waals surface area contributed by atoms with Crippen LogP contribution in [0.4, 0.5) is 0 Å². The predicted octanol–water partition coefficient (Wildman–Crippen LogP) is 3.21. The Kier molecular flexibility index (Phi) is 5.17. The van der Waals surface area contributed by atoms with Crippen LogP contribution < -0.4 is 5.32 Å². The fourth-order valence-electron chi connectivity index (χ4n) is 2.16. The van der Waals surface area contributed by atoms with Crippen LogP contribution in [0.15, 0.2) is 58.7 Å². The van der Waals surface area contributed by atoms with Gasteiger partial charge in [-0.05, 0) is 36.2 Å². The highest BCUT2D eigenvalue weighted by Gasteiger charge is 2.30. The Morgan fingerprint density at radius 3 is 2.71 bits per heavy atom. The molecule has 3 rings (SSSR count). The molecular formula is C17H14ClN3O2S. The molecule has 1 heterocycles. The third-order valence-electron chi connectivity index (χ3n) is 3.39. The zero-order valence-corrected chi connectivity index (χ0v) is 14.1. The maximum Gasteiger partial charge on any atom is 0.239 e. The summed E-state index contributed by atoms with van der Waals surface area (Å²) < 4.78 is 0. The standard InChI is InChI=1S/C17H14ClN3O2S/c18-13-7-5-11(6-8-13)9-15-16(23)20-17(24-15)21-19-10-12-3-1-2-4-14(12)22/h1-8,10,15,22H,9H2,(H,20,21,23)/b19-10-/t15-/m0/s1. The summed E-state index contributed by atoms with van der Waals surface area (Å²) >= 11 is 7.20. The molecule has 0 unspecified atom stereocenters. The first-order chi connectivity index (χ1) is 11.6. The van der Waals surface area contributed by atoms with Crippen LogP contribution >= 0.6 is 23.4 Å². The van der Waals surface area contributed by atoms with Gasteiger partial charge in [-0.2, -0.15) is 5.10 Å². The molecule has 0 bridgehead atoms. The molecule has 1 aliphatic heterocycles. The first-order valence-electron chi connectivity index (χ1n) is 7.23. The highest BCUT2D eigenvalue weighted by Crippen LogP contribution is 2.24. The summed E-state index contributed by atoms with van der Waals surface area (Å²) in [5.41, 5.74) is 1.60. The number of carbonyl (C=O) groups is 1. The fourth-order valence-corrected chi connectivity index (χ4v) is 3.25. The van der Waals surface area contributed by atoms with Crippen LogP contribution in [0.5, 0.6) is 5.75 Å². The van der Waals surface area contributed by atoms with Crippen molar-refractivity contribution in [2.24, 2.45) is 10.2 Å². The van der Waals surface area contributed by atoms with Gasteiger partial charge in [-0.3, -0.25) is 4.79 Å². The van der Waals surface area contributed by atoms with Gasteiger partial charge >= 0.3 is 0 Å². The molecule has 1 atom stereocenters. The second kappa shape index (κ2) is 7.51. The Morgan fingerprint density at radius 1 is 1.21 bits per heavy atom. The number of amidine groups is 1. The molecule has 7 heteroatoms. The van der Waals surface area contributed by atoms with Gasteiger partial charge in [0.05, 0.1) is 11.5 Å². The topological polar surface area (TPSA) is 74.0 Å². The zero-order valence-electron chi connectivity index (χ0n) is 12.5. The quantitative estimate of drug-likeness (QED) is 0.650. The van der Waals surface area contributed by atoms with Crippen LogP contribution in [0.2, 0.25) is 5.02 Å². The minimum Gasteiger partial charge on any atom is -0.507 e. The predicted molar refractivity (Wildman–Crippen MR) is 97.8 cm³/mol. The number of nitrogens with one attached hydrogen (secondary N) is 1. The molecule has 0 spiro atoms. The molecule has 0 aromatic heterocycles. The number of rotatable bonds is 4. The molecule has 24 heavy (non-hydrogen) atoms. The van der Waals surface area contributed by atoms with Crippen molar-refractivity contribution in [1.82, 2.24) is 5.32 Å². The largest absolute Gasteiger partial charge is 0.507 e. The van der Waals surface area contributed by atoms with Crippen LogP contribution in [-0.4, -0.2) is 27.6 Å². The monoisotopic (exact) mass is 359 g/mol. The lowest BCUT2D eigenvalue weighted by molar-refractivity contribution is -0.118. The number of nitrogens with zero attached hydrogens (tertiary/aromatic N) is 2. The lowest BCUT2D eigenvalue weighted by Crippen LogP contribution is -2.25. The van der Waals surface area contributed by atoms with Crippen LogP contribution in [0, 0.1) is 0 Å². The van der Waals surface area contributed by atoms with Crippen LogP contribution in [0.25, 0.3) is 0 Å².